The second-order valence-corrected chi connectivity index (χ2v) is 9.55. The van der Waals surface area contributed by atoms with Crippen molar-refractivity contribution < 1.29 is 29.3 Å². The largest absolute Gasteiger partial charge is 0.492 e. The van der Waals surface area contributed by atoms with E-state index in [1.807, 2.05) is 19.1 Å². The minimum Gasteiger partial charge on any atom is -0.492 e. The molecule has 2 fully saturated rings. The van der Waals surface area contributed by atoms with Crippen molar-refractivity contribution in [2.45, 2.75) is 39.0 Å². The molecular weight excluding hydrogens is 462 g/mol. The second-order valence-electron chi connectivity index (χ2n) is 9.55. The van der Waals surface area contributed by atoms with Crippen LogP contribution in [0.5, 0.6) is 5.75 Å². The first-order valence-electron chi connectivity index (χ1n) is 13.0. The van der Waals surface area contributed by atoms with Gasteiger partial charge >= 0.3 is 11.9 Å². The van der Waals surface area contributed by atoms with Crippen LogP contribution in [0.2, 0.25) is 0 Å². The highest BCUT2D eigenvalue weighted by molar-refractivity contribution is 6.27. The first kappa shape index (κ1) is 27.5. The number of hydrogen-bond acceptors (Lipinski definition) is 6. The number of carboxylic acid groups (broad SMARTS) is 2. The van der Waals surface area contributed by atoms with Gasteiger partial charge in [-0.2, -0.15) is 0 Å². The van der Waals surface area contributed by atoms with E-state index in [2.05, 4.69) is 39.0 Å². The number of piperazine rings is 1. The number of carbonyl (C=O) groups is 3. The molecule has 1 aromatic carbocycles. The second kappa shape index (κ2) is 13.9. The highest BCUT2D eigenvalue weighted by atomic mass is 16.5. The van der Waals surface area contributed by atoms with E-state index in [4.69, 9.17) is 24.5 Å². The van der Waals surface area contributed by atoms with Gasteiger partial charge in [0.2, 0.25) is 5.91 Å². The molecule has 2 saturated heterocycles. The molecule has 9 nitrogen and oxygen atoms in total. The van der Waals surface area contributed by atoms with E-state index in [1.54, 1.807) is 0 Å². The van der Waals surface area contributed by atoms with Crippen molar-refractivity contribution in [2.75, 3.05) is 57.3 Å². The number of likely N-dealkylation sites (tertiary alicyclic amines) is 1. The number of amides is 1. The molecule has 2 heterocycles. The van der Waals surface area contributed by atoms with E-state index in [0.29, 0.717) is 12.5 Å². The van der Waals surface area contributed by atoms with Crippen LogP contribution < -0.4 is 9.64 Å². The molecule has 1 aliphatic carbocycles. The highest BCUT2D eigenvalue weighted by Gasteiger charge is 2.31. The lowest BCUT2D eigenvalue weighted by atomic mass is 9.91. The zero-order valence-corrected chi connectivity index (χ0v) is 21.2. The summed E-state index contributed by atoms with van der Waals surface area (Å²) in [5.41, 5.74) is 1.15. The molecule has 4 rings (SSSR count). The Balaban J connectivity index is 0.000000538. The molecule has 0 spiro atoms. The number of ether oxygens (including phenoxy) is 1. The summed E-state index contributed by atoms with van der Waals surface area (Å²) < 4.78 is 5.79. The van der Waals surface area contributed by atoms with Gasteiger partial charge in [0.1, 0.15) is 5.75 Å². The Morgan fingerprint density at radius 2 is 1.58 bits per heavy atom. The lowest BCUT2D eigenvalue weighted by Crippen LogP contribution is -2.52. The lowest BCUT2D eigenvalue weighted by Gasteiger charge is -2.40. The van der Waals surface area contributed by atoms with Crippen molar-refractivity contribution in [2.24, 2.45) is 11.8 Å². The molecule has 0 saturated carbocycles. The number of aliphatic carboxylic acids is 2. The van der Waals surface area contributed by atoms with Crippen LogP contribution in [-0.2, 0) is 14.4 Å². The van der Waals surface area contributed by atoms with Gasteiger partial charge in [0, 0.05) is 38.6 Å². The number of carboxylic acids is 2. The number of nitrogens with zero attached hydrogens (tertiary/aromatic N) is 3. The van der Waals surface area contributed by atoms with Crippen LogP contribution in [0.3, 0.4) is 0 Å². The third kappa shape index (κ3) is 7.98. The Kier molecular flexibility index (Phi) is 10.6. The Hall–Kier alpha value is -3.07. The number of piperidine rings is 1. The van der Waals surface area contributed by atoms with Gasteiger partial charge in [-0.15, -0.1) is 0 Å². The number of benzene rings is 1. The molecule has 0 aromatic heterocycles. The summed E-state index contributed by atoms with van der Waals surface area (Å²) in [5.74, 6) is -1.29. The Bertz CT molecular complexity index is 893. The maximum Gasteiger partial charge on any atom is 0.414 e. The number of rotatable bonds is 6. The molecule has 1 aromatic rings. The van der Waals surface area contributed by atoms with E-state index in [0.717, 1.165) is 69.5 Å². The SMILES string of the molecule is CCOc1ccccc1N1CCN(C(=O)C2CCN(CC3CC=CCC3)CC2)CC1.O=C(O)C(=O)O. The van der Waals surface area contributed by atoms with Crippen LogP contribution in [0.1, 0.15) is 39.0 Å². The van der Waals surface area contributed by atoms with Crippen molar-refractivity contribution in [1.82, 2.24) is 9.80 Å². The van der Waals surface area contributed by atoms with Crippen molar-refractivity contribution in [3.63, 3.8) is 0 Å². The molecule has 9 heteroatoms. The predicted molar refractivity (Wildman–Crippen MR) is 137 cm³/mol. The summed E-state index contributed by atoms with van der Waals surface area (Å²) >= 11 is 0. The highest BCUT2D eigenvalue weighted by Crippen LogP contribution is 2.30. The topological polar surface area (TPSA) is 111 Å². The van der Waals surface area contributed by atoms with Crippen molar-refractivity contribution in [3.8, 4) is 5.75 Å². The number of carbonyl (C=O) groups excluding carboxylic acids is 1. The van der Waals surface area contributed by atoms with E-state index >= 15 is 0 Å². The quantitative estimate of drug-likeness (QED) is 0.452. The van der Waals surface area contributed by atoms with Crippen molar-refractivity contribution in [3.05, 3.63) is 36.4 Å². The fourth-order valence-corrected chi connectivity index (χ4v) is 5.17. The zero-order valence-electron chi connectivity index (χ0n) is 21.2. The fourth-order valence-electron chi connectivity index (χ4n) is 5.17. The molecule has 198 valence electrons. The molecule has 2 aliphatic heterocycles. The smallest absolute Gasteiger partial charge is 0.414 e. The van der Waals surface area contributed by atoms with Crippen molar-refractivity contribution >= 4 is 23.5 Å². The fraction of sp³-hybridized carbons (Fsp3) is 0.593. The molecule has 1 amide bonds. The third-order valence-corrected chi connectivity index (χ3v) is 7.11. The van der Waals surface area contributed by atoms with Gasteiger partial charge in [0.25, 0.3) is 0 Å². The van der Waals surface area contributed by atoms with Gasteiger partial charge in [-0.1, -0.05) is 24.3 Å². The normalized spacial score (nSPS) is 20.9. The molecular formula is C27H39N3O6. The third-order valence-electron chi connectivity index (χ3n) is 7.11. The summed E-state index contributed by atoms with van der Waals surface area (Å²) in [4.78, 5) is 38.4. The number of anilines is 1. The minimum absolute atomic E-state index is 0.217. The van der Waals surface area contributed by atoms with Gasteiger partial charge in [0.15, 0.2) is 0 Å². The number of hydrogen-bond donors (Lipinski definition) is 2. The van der Waals surface area contributed by atoms with Crippen LogP contribution in [0.4, 0.5) is 5.69 Å². The molecule has 0 radical (unpaired) electrons. The molecule has 0 bridgehead atoms. The zero-order chi connectivity index (χ0) is 25.9. The lowest BCUT2D eigenvalue weighted by molar-refractivity contribution is -0.159. The molecule has 3 aliphatic rings. The van der Waals surface area contributed by atoms with E-state index in [-0.39, 0.29) is 5.92 Å². The Morgan fingerprint density at radius 3 is 2.17 bits per heavy atom. The van der Waals surface area contributed by atoms with Crippen LogP contribution >= 0.6 is 0 Å². The van der Waals surface area contributed by atoms with Crippen LogP contribution in [0, 0.1) is 11.8 Å². The molecule has 1 atom stereocenters. The minimum atomic E-state index is -1.82. The number of allylic oxidation sites excluding steroid dienone is 2. The van der Waals surface area contributed by atoms with Gasteiger partial charge in [-0.05, 0) is 70.2 Å². The maximum atomic E-state index is 13.1. The standard InChI is InChI=1S/C25H37N3O2.C2H2O4/c1-2-30-24-11-7-6-10-23(24)27-16-18-28(19-17-27)25(29)22-12-14-26(15-13-22)20-21-8-4-3-5-9-21;3-1(4)2(5)6/h3-4,6-7,10-11,21-22H,2,5,8-9,12-20H2,1H3;(H,3,4)(H,5,6). The molecule has 1 unspecified atom stereocenters. The summed E-state index contributed by atoms with van der Waals surface area (Å²) in [6.07, 6.45) is 10.5. The Morgan fingerprint density at radius 1 is 0.917 bits per heavy atom. The monoisotopic (exact) mass is 501 g/mol. The van der Waals surface area contributed by atoms with Gasteiger partial charge in [0.05, 0.1) is 12.3 Å². The van der Waals surface area contributed by atoms with E-state index < -0.39 is 11.9 Å². The van der Waals surface area contributed by atoms with Crippen LogP contribution in [0.25, 0.3) is 0 Å². The average molecular weight is 502 g/mol. The van der Waals surface area contributed by atoms with E-state index in [9.17, 15) is 4.79 Å². The van der Waals surface area contributed by atoms with Crippen LogP contribution in [-0.4, -0.2) is 90.3 Å². The van der Waals surface area contributed by atoms with Gasteiger partial charge < -0.3 is 29.6 Å². The number of para-hydroxylation sites is 2. The summed E-state index contributed by atoms with van der Waals surface area (Å²) in [7, 11) is 0. The molecule has 2 N–H and O–H groups in total. The van der Waals surface area contributed by atoms with Crippen molar-refractivity contribution in [1.29, 1.82) is 0 Å². The first-order valence-corrected chi connectivity index (χ1v) is 13.0. The summed E-state index contributed by atoms with van der Waals surface area (Å²) in [6.45, 7) is 9.45. The first-order chi connectivity index (χ1) is 17.4. The maximum absolute atomic E-state index is 13.1. The Labute approximate surface area is 213 Å². The average Bonchev–Trinajstić information content (AvgIpc) is 2.90. The van der Waals surface area contributed by atoms with E-state index in [1.165, 1.54) is 25.8 Å². The summed E-state index contributed by atoms with van der Waals surface area (Å²) in [5, 5.41) is 14.8. The summed E-state index contributed by atoms with van der Waals surface area (Å²) in [6, 6.07) is 8.24. The van der Waals surface area contributed by atoms with Gasteiger partial charge in [-0.3, -0.25) is 4.79 Å². The van der Waals surface area contributed by atoms with Gasteiger partial charge in [-0.25, -0.2) is 9.59 Å². The van der Waals surface area contributed by atoms with Crippen LogP contribution in [0.15, 0.2) is 36.4 Å². The molecule has 36 heavy (non-hydrogen) atoms. The predicted octanol–water partition coefficient (Wildman–Crippen LogP) is 2.96.